The van der Waals surface area contributed by atoms with Gasteiger partial charge in [-0.15, -0.1) is 0 Å². The Kier molecular flexibility index (Phi) is 4.83. The zero-order chi connectivity index (χ0) is 12.0. The third-order valence-electron chi connectivity index (χ3n) is 2.70. The summed E-state index contributed by atoms with van der Waals surface area (Å²) >= 11 is 0. The van der Waals surface area contributed by atoms with Gasteiger partial charge in [0.25, 0.3) is 0 Å². The van der Waals surface area contributed by atoms with Crippen molar-refractivity contribution >= 4 is 0 Å². The molecule has 2 N–H and O–H groups in total. The number of aromatic nitrogens is 2. The Hall–Kier alpha value is -1.00. The molecule has 0 saturated heterocycles. The van der Waals surface area contributed by atoms with E-state index in [1.807, 2.05) is 0 Å². The van der Waals surface area contributed by atoms with Crippen LogP contribution in [0.15, 0.2) is 18.6 Å². The highest BCUT2D eigenvalue weighted by Gasteiger charge is 2.18. The van der Waals surface area contributed by atoms with E-state index in [1.165, 1.54) is 0 Å². The average molecular weight is 223 g/mol. The molecule has 0 aliphatic carbocycles. The van der Waals surface area contributed by atoms with Gasteiger partial charge in [0.15, 0.2) is 0 Å². The van der Waals surface area contributed by atoms with Crippen molar-refractivity contribution in [3.8, 4) is 0 Å². The van der Waals surface area contributed by atoms with Gasteiger partial charge < -0.3 is 10.4 Å². The van der Waals surface area contributed by atoms with Gasteiger partial charge in [-0.25, -0.2) is 0 Å². The molecular weight excluding hydrogens is 202 g/mol. The third-order valence-corrected chi connectivity index (χ3v) is 2.70. The van der Waals surface area contributed by atoms with Gasteiger partial charge in [0.1, 0.15) is 0 Å². The van der Waals surface area contributed by atoms with Gasteiger partial charge in [-0.3, -0.25) is 9.97 Å². The lowest BCUT2D eigenvalue weighted by Gasteiger charge is -2.26. The number of hydrogen-bond donors (Lipinski definition) is 2. The molecule has 0 bridgehead atoms. The summed E-state index contributed by atoms with van der Waals surface area (Å²) in [7, 11) is 0. The van der Waals surface area contributed by atoms with Gasteiger partial charge in [-0.05, 0) is 18.8 Å². The third kappa shape index (κ3) is 4.24. The molecule has 4 heteroatoms. The van der Waals surface area contributed by atoms with Crippen LogP contribution in [0, 0.1) is 5.41 Å². The first-order valence-corrected chi connectivity index (χ1v) is 5.65. The molecule has 1 atom stereocenters. The van der Waals surface area contributed by atoms with Crippen LogP contribution in [0.1, 0.15) is 38.9 Å². The summed E-state index contributed by atoms with van der Waals surface area (Å²) in [4.78, 5) is 8.29. The summed E-state index contributed by atoms with van der Waals surface area (Å²) in [5.74, 6) is 0. The normalized spacial score (nSPS) is 13.8. The molecule has 0 aliphatic rings. The van der Waals surface area contributed by atoms with Crippen molar-refractivity contribution in [3.63, 3.8) is 0 Å². The highest BCUT2D eigenvalue weighted by Crippen LogP contribution is 2.19. The predicted molar refractivity (Wildman–Crippen MR) is 63.9 cm³/mol. The maximum Gasteiger partial charge on any atom is 0.0753 e. The molecule has 90 valence electrons. The lowest BCUT2D eigenvalue weighted by Crippen LogP contribution is -2.32. The molecule has 0 aromatic carbocycles. The molecule has 0 saturated carbocycles. The molecule has 0 radical (unpaired) electrons. The maximum atomic E-state index is 8.93. The van der Waals surface area contributed by atoms with Crippen LogP contribution in [0.3, 0.4) is 0 Å². The van der Waals surface area contributed by atoms with Gasteiger partial charge in [0, 0.05) is 37.8 Å². The van der Waals surface area contributed by atoms with Crippen molar-refractivity contribution in [3.05, 3.63) is 24.3 Å². The molecule has 16 heavy (non-hydrogen) atoms. The van der Waals surface area contributed by atoms with Gasteiger partial charge in [0.05, 0.1) is 5.69 Å². The van der Waals surface area contributed by atoms with E-state index in [1.54, 1.807) is 18.6 Å². The Morgan fingerprint density at radius 2 is 2.19 bits per heavy atom. The standard InChI is InChI=1S/C12H21N3O/c1-10(11-8-13-5-6-14-11)15-9-12(2,3)4-7-16/h5-6,8,10,15-16H,4,7,9H2,1-3H3. The predicted octanol–water partition coefficient (Wildman–Crippen LogP) is 1.54. The summed E-state index contributed by atoms with van der Waals surface area (Å²) in [6.45, 7) is 7.43. The second-order valence-electron chi connectivity index (χ2n) is 4.87. The molecule has 0 fully saturated rings. The Morgan fingerprint density at radius 3 is 2.75 bits per heavy atom. The minimum Gasteiger partial charge on any atom is -0.396 e. The second-order valence-corrected chi connectivity index (χ2v) is 4.87. The smallest absolute Gasteiger partial charge is 0.0753 e. The van der Waals surface area contributed by atoms with E-state index in [0.29, 0.717) is 0 Å². The molecule has 1 aromatic heterocycles. The molecule has 0 amide bonds. The molecule has 1 unspecified atom stereocenters. The fourth-order valence-electron chi connectivity index (χ4n) is 1.46. The van der Waals surface area contributed by atoms with Crippen molar-refractivity contribution in [2.24, 2.45) is 5.41 Å². The SMILES string of the molecule is CC(NCC(C)(C)CCO)c1cnccn1. The summed E-state index contributed by atoms with van der Waals surface area (Å²) in [6.07, 6.45) is 5.95. The first-order valence-electron chi connectivity index (χ1n) is 5.65. The number of nitrogens with one attached hydrogen (secondary N) is 1. The van der Waals surface area contributed by atoms with E-state index in [9.17, 15) is 0 Å². The van der Waals surface area contributed by atoms with E-state index in [0.717, 1.165) is 18.7 Å². The number of aliphatic hydroxyl groups excluding tert-OH is 1. The van der Waals surface area contributed by atoms with E-state index in [-0.39, 0.29) is 18.1 Å². The van der Waals surface area contributed by atoms with Crippen molar-refractivity contribution in [2.45, 2.75) is 33.2 Å². The van der Waals surface area contributed by atoms with Crippen molar-refractivity contribution in [2.75, 3.05) is 13.2 Å². The first-order chi connectivity index (χ1) is 7.55. The number of aliphatic hydroxyl groups is 1. The lowest BCUT2D eigenvalue weighted by molar-refractivity contribution is 0.203. The summed E-state index contributed by atoms with van der Waals surface area (Å²) in [5.41, 5.74) is 1.05. The fraction of sp³-hybridized carbons (Fsp3) is 0.667. The van der Waals surface area contributed by atoms with Crippen LogP contribution in [-0.2, 0) is 0 Å². The minimum absolute atomic E-state index is 0.102. The quantitative estimate of drug-likeness (QED) is 0.768. The van der Waals surface area contributed by atoms with Crippen LogP contribution < -0.4 is 5.32 Å². The molecule has 0 spiro atoms. The van der Waals surface area contributed by atoms with E-state index < -0.39 is 0 Å². The van der Waals surface area contributed by atoms with Gasteiger partial charge in [0.2, 0.25) is 0 Å². The van der Waals surface area contributed by atoms with Gasteiger partial charge in [-0.2, -0.15) is 0 Å². The van der Waals surface area contributed by atoms with Crippen LogP contribution >= 0.6 is 0 Å². The van der Waals surface area contributed by atoms with Crippen molar-refractivity contribution in [1.82, 2.24) is 15.3 Å². The van der Waals surface area contributed by atoms with E-state index in [2.05, 4.69) is 36.1 Å². The fourth-order valence-corrected chi connectivity index (χ4v) is 1.46. The molecule has 1 rings (SSSR count). The molecule has 0 aliphatic heterocycles. The number of nitrogens with zero attached hydrogens (tertiary/aromatic N) is 2. The van der Waals surface area contributed by atoms with Crippen LogP contribution in [0.2, 0.25) is 0 Å². The second kappa shape index (κ2) is 5.92. The Labute approximate surface area is 97.1 Å². The van der Waals surface area contributed by atoms with Crippen LogP contribution in [-0.4, -0.2) is 28.2 Å². The van der Waals surface area contributed by atoms with Gasteiger partial charge in [-0.1, -0.05) is 13.8 Å². The molecule has 1 heterocycles. The zero-order valence-corrected chi connectivity index (χ0v) is 10.3. The Bertz CT molecular complexity index is 300. The zero-order valence-electron chi connectivity index (χ0n) is 10.3. The van der Waals surface area contributed by atoms with Crippen LogP contribution in [0.4, 0.5) is 0 Å². The molecule has 1 aromatic rings. The highest BCUT2D eigenvalue weighted by atomic mass is 16.3. The summed E-state index contributed by atoms with van der Waals surface area (Å²) in [5, 5.41) is 12.3. The monoisotopic (exact) mass is 223 g/mol. The lowest BCUT2D eigenvalue weighted by atomic mass is 9.89. The summed E-state index contributed by atoms with van der Waals surface area (Å²) in [6, 6.07) is 0.187. The van der Waals surface area contributed by atoms with Crippen molar-refractivity contribution in [1.29, 1.82) is 0 Å². The largest absolute Gasteiger partial charge is 0.396 e. The topological polar surface area (TPSA) is 58.0 Å². The highest BCUT2D eigenvalue weighted by molar-refractivity contribution is 5.00. The van der Waals surface area contributed by atoms with E-state index in [4.69, 9.17) is 5.11 Å². The van der Waals surface area contributed by atoms with Crippen molar-refractivity contribution < 1.29 is 5.11 Å². The molecule has 4 nitrogen and oxygen atoms in total. The van der Waals surface area contributed by atoms with E-state index >= 15 is 0 Å². The Morgan fingerprint density at radius 1 is 1.44 bits per heavy atom. The average Bonchev–Trinajstić information content (AvgIpc) is 2.27. The first kappa shape index (κ1) is 13.1. The van der Waals surface area contributed by atoms with Crippen LogP contribution in [0.25, 0.3) is 0 Å². The summed E-state index contributed by atoms with van der Waals surface area (Å²) < 4.78 is 0. The maximum absolute atomic E-state index is 8.93. The Balaban J connectivity index is 2.44. The van der Waals surface area contributed by atoms with Crippen LogP contribution in [0.5, 0.6) is 0 Å². The number of rotatable bonds is 6. The minimum atomic E-state index is 0.102. The molecular formula is C12H21N3O. The number of hydrogen-bond acceptors (Lipinski definition) is 4. The van der Waals surface area contributed by atoms with Gasteiger partial charge >= 0.3 is 0 Å².